The standard InChI is InChI=1S/C26H32F2N2O5/c1-26(2,14-23(32)33)13-22(31)29-20-12-21(35-17-9-10-18(27)19(28)11-17)25(34)24(20)30(3)15-16-7-5-4-6-8-16/h4-11,20-21,24-25,34H,12-15H2,1-3H3,(H,29,31)(H,32,33)/t20-,21-,24+,25+/m1/s1. The Morgan fingerprint density at radius 2 is 1.80 bits per heavy atom. The topological polar surface area (TPSA) is 99.1 Å². The Hall–Kier alpha value is -3.04. The zero-order chi connectivity index (χ0) is 25.8. The van der Waals surface area contributed by atoms with Crippen LogP contribution in [0.3, 0.4) is 0 Å². The van der Waals surface area contributed by atoms with Crippen LogP contribution in [0.15, 0.2) is 48.5 Å². The molecule has 0 unspecified atom stereocenters. The maximum Gasteiger partial charge on any atom is 0.303 e. The number of aliphatic hydroxyl groups excluding tert-OH is 1. The SMILES string of the molecule is CN(Cc1ccccc1)[C@@H]1[C@@H](O)[C@H](Oc2ccc(F)c(F)c2)C[C@H]1NC(=O)CC(C)(C)CC(=O)O. The predicted molar refractivity (Wildman–Crippen MR) is 126 cm³/mol. The van der Waals surface area contributed by atoms with E-state index in [0.29, 0.717) is 6.54 Å². The van der Waals surface area contributed by atoms with Crippen molar-refractivity contribution in [3.8, 4) is 5.75 Å². The van der Waals surface area contributed by atoms with E-state index < -0.39 is 47.3 Å². The summed E-state index contributed by atoms with van der Waals surface area (Å²) in [6, 6.07) is 11.7. The maximum atomic E-state index is 13.7. The van der Waals surface area contributed by atoms with Gasteiger partial charge < -0.3 is 20.3 Å². The fraction of sp³-hybridized carbons (Fsp3) is 0.462. The lowest BCUT2D eigenvalue weighted by Crippen LogP contribution is -2.52. The van der Waals surface area contributed by atoms with Gasteiger partial charge in [-0.2, -0.15) is 0 Å². The van der Waals surface area contributed by atoms with Crippen molar-refractivity contribution < 1.29 is 33.3 Å². The number of halogens is 2. The molecule has 2 aromatic rings. The zero-order valence-corrected chi connectivity index (χ0v) is 20.1. The number of nitrogens with zero attached hydrogens (tertiary/aromatic N) is 1. The van der Waals surface area contributed by atoms with Crippen LogP contribution in [0.4, 0.5) is 8.78 Å². The third-order valence-corrected chi connectivity index (χ3v) is 6.21. The molecule has 4 atom stereocenters. The van der Waals surface area contributed by atoms with Gasteiger partial charge in [-0.1, -0.05) is 44.2 Å². The molecule has 0 radical (unpaired) electrons. The highest BCUT2D eigenvalue weighted by atomic mass is 19.2. The van der Waals surface area contributed by atoms with Crippen molar-refractivity contribution in [2.45, 2.75) is 63.9 Å². The first-order chi connectivity index (χ1) is 16.4. The van der Waals surface area contributed by atoms with E-state index in [1.165, 1.54) is 6.07 Å². The van der Waals surface area contributed by atoms with Gasteiger partial charge in [-0.25, -0.2) is 8.78 Å². The Kier molecular flexibility index (Phi) is 8.45. The minimum absolute atomic E-state index is 0.00425. The molecule has 7 nitrogen and oxygen atoms in total. The first-order valence-electron chi connectivity index (χ1n) is 11.5. The van der Waals surface area contributed by atoms with Crippen molar-refractivity contribution in [3.63, 3.8) is 0 Å². The summed E-state index contributed by atoms with van der Waals surface area (Å²) in [6.45, 7) is 3.91. The first kappa shape index (κ1) is 26.6. The number of likely N-dealkylation sites (N-methyl/N-ethyl adjacent to an activating group) is 1. The van der Waals surface area contributed by atoms with Gasteiger partial charge in [0.2, 0.25) is 5.91 Å². The van der Waals surface area contributed by atoms with Gasteiger partial charge in [0.1, 0.15) is 18.0 Å². The largest absolute Gasteiger partial charge is 0.487 e. The van der Waals surface area contributed by atoms with E-state index >= 15 is 0 Å². The molecule has 3 rings (SSSR count). The van der Waals surface area contributed by atoms with Crippen LogP contribution in [0.1, 0.15) is 38.7 Å². The van der Waals surface area contributed by atoms with Gasteiger partial charge in [0, 0.05) is 25.5 Å². The molecular weight excluding hydrogens is 458 g/mol. The molecule has 0 spiro atoms. The van der Waals surface area contributed by atoms with E-state index in [4.69, 9.17) is 9.84 Å². The van der Waals surface area contributed by atoms with E-state index in [1.807, 2.05) is 42.3 Å². The lowest BCUT2D eigenvalue weighted by Gasteiger charge is -2.33. The normalized spacial score (nSPS) is 22.3. The quantitative estimate of drug-likeness (QED) is 0.473. The molecule has 190 valence electrons. The van der Waals surface area contributed by atoms with Crippen molar-refractivity contribution in [2.24, 2.45) is 5.41 Å². The number of carboxylic acids is 1. The number of carboxylic acid groups (broad SMARTS) is 1. The summed E-state index contributed by atoms with van der Waals surface area (Å²) in [4.78, 5) is 25.9. The van der Waals surface area contributed by atoms with Crippen molar-refractivity contribution in [3.05, 3.63) is 65.7 Å². The molecule has 3 N–H and O–H groups in total. The van der Waals surface area contributed by atoms with Crippen LogP contribution in [0, 0.1) is 17.0 Å². The average molecular weight is 491 g/mol. The molecule has 35 heavy (non-hydrogen) atoms. The number of rotatable bonds is 10. The van der Waals surface area contributed by atoms with Gasteiger partial charge >= 0.3 is 5.97 Å². The van der Waals surface area contributed by atoms with Gasteiger partial charge in [-0.15, -0.1) is 0 Å². The summed E-state index contributed by atoms with van der Waals surface area (Å²) >= 11 is 0. The van der Waals surface area contributed by atoms with Gasteiger partial charge in [-0.05, 0) is 30.2 Å². The van der Waals surface area contributed by atoms with E-state index in [0.717, 1.165) is 17.7 Å². The van der Waals surface area contributed by atoms with Gasteiger partial charge in [-0.3, -0.25) is 14.5 Å². The Morgan fingerprint density at radius 3 is 2.43 bits per heavy atom. The number of amides is 1. The number of hydrogen-bond acceptors (Lipinski definition) is 5. The molecule has 1 aliphatic rings. The monoisotopic (exact) mass is 490 g/mol. The van der Waals surface area contributed by atoms with Crippen LogP contribution in [0.25, 0.3) is 0 Å². The van der Waals surface area contributed by atoms with Crippen LogP contribution < -0.4 is 10.1 Å². The van der Waals surface area contributed by atoms with Crippen LogP contribution in [-0.2, 0) is 16.1 Å². The highest BCUT2D eigenvalue weighted by molar-refractivity contribution is 5.78. The third-order valence-electron chi connectivity index (χ3n) is 6.21. The number of aliphatic hydroxyl groups is 1. The van der Waals surface area contributed by atoms with E-state index in [9.17, 15) is 23.5 Å². The number of aliphatic carboxylic acids is 1. The van der Waals surface area contributed by atoms with Crippen LogP contribution in [-0.4, -0.2) is 58.3 Å². The van der Waals surface area contributed by atoms with E-state index in [-0.39, 0.29) is 30.9 Å². The van der Waals surface area contributed by atoms with Crippen LogP contribution >= 0.6 is 0 Å². The molecule has 9 heteroatoms. The van der Waals surface area contributed by atoms with Gasteiger partial charge in [0.15, 0.2) is 11.6 Å². The number of ether oxygens (including phenoxy) is 1. The first-order valence-corrected chi connectivity index (χ1v) is 11.5. The number of hydrogen-bond donors (Lipinski definition) is 3. The maximum absolute atomic E-state index is 13.7. The summed E-state index contributed by atoms with van der Waals surface area (Å²) in [5.41, 5.74) is 0.264. The summed E-state index contributed by atoms with van der Waals surface area (Å²) in [5, 5.41) is 23.2. The second-order valence-corrected chi connectivity index (χ2v) is 9.94. The number of carbonyl (C=O) groups is 2. The van der Waals surface area contributed by atoms with Crippen LogP contribution in [0.2, 0.25) is 0 Å². The molecule has 1 saturated carbocycles. The summed E-state index contributed by atoms with van der Waals surface area (Å²) < 4.78 is 32.8. The minimum Gasteiger partial charge on any atom is -0.487 e. The second kappa shape index (κ2) is 11.1. The van der Waals surface area contributed by atoms with E-state index in [2.05, 4.69) is 5.32 Å². The van der Waals surface area contributed by atoms with Crippen molar-refractivity contribution in [1.29, 1.82) is 0 Å². The fourth-order valence-electron chi connectivity index (χ4n) is 4.68. The number of nitrogens with one attached hydrogen (secondary N) is 1. The fourth-order valence-corrected chi connectivity index (χ4v) is 4.68. The Morgan fingerprint density at radius 1 is 1.11 bits per heavy atom. The number of benzene rings is 2. The highest BCUT2D eigenvalue weighted by Crippen LogP contribution is 2.31. The lowest BCUT2D eigenvalue weighted by atomic mass is 9.85. The van der Waals surface area contributed by atoms with E-state index in [1.54, 1.807) is 13.8 Å². The average Bonchev–Trinajstić information content (AvgIpc) is 3.04. The number of carbonyl (C=O) groups excluding carboxylic acids is 1. The predicted octanol–water partition coefficient (Wildman–Crippen LogP) is 3.35. The van der Waals surface area contributed by atoms with Crippen LogP contribution in [0.5, 0.6) is 5.75 Å². The summed E-state index contributed by atoms with van der Waals surface area (Å²) in [6.07, 6.45) is -1.74. The Balaban J connectivity index is 1.77. The Bertz CT molecular complexity index is 1030. The lowest BCUT2D eigenvalue weighted by molar-refractivity contribution is -0.139. The summed E-state index contributed by atoms with van der Waals surface area (Å²) in [7, 11) is 1.83. The third kappa shape index (κ3) is 7.22. The molecule has 0 aliphatic heterocycles. The molecule has 0 aromatic heterocycles. The smallest absolute Gasteiger partial charge is 0.303 e. The molecule has 1 amide bonds. The highest BCUT2D eigenvalue weighted by Gasteiger charge is 2.46. The molecule has 0 bridgehead atoms. The van der Waals surface area contributed by atoms with Crippen molar-refractivity contribution in [1.82, 2.24) is 10.2 Å². The van der Waals surface area contributed by atoms with Crippen molar-refractivity contribution >= 4 is 11.9 Å². The van der Waals surface area contributed by atoms with Gasteiger partial charge in [0.25, 0.3) is 0 Å². The second-order valence-electron chi connectivity index (χ2n) is 9.94. The zero-order valence-electron chi connectivity index (χ0n) is 20.1. The summed E-state index contributed by atoms with van der Waals surface area (Å²) in [5.74, 6) is -3.30. The van der Waals surface area contributed by atoms with Gasteiger partial charge in [0.05, 0.1) is 18.5 Å². The molecule has 2 aromatic carbocycles. The molecule has 0 heterocycles. The minimum atomic E-state index is -1.06. The van der Waals surface area contributed by atoms with Crippen molar-refractivity contribution in [2.75, 3.05) is 7.05 Å². The molecular formula is C26H32F2N2O5. The Labute approximate surface area is 203 Å². The molecule has 1 fully saturated rings. The molecule has 0 saturated heterocycles. The molecule has 1 aliphatic carbocycles.